The Labute approximate surface area is 173 Å². The van der Waals surface area contributed by atoms with Gasteiger partial charge in [0.25, 0.3) is 10.0 Å². The van der Waals surface area contributed by atoms with Crippen LogP contribution in [0.2, 0.25) is 0 Å². The van der Waals surface area contributed by atoms with Crippen LogP contribution in [0.4, 0.5) is 5.95 Å². The molecule has 1 aliphatic rings. The summed E-state index contributed by atoms with van der Waals surface area (Å²) in [4.78, 5) is 8.22. The largest absolute Gasteiger partial charge is 0.496 e. The molecule has 2 aromatic rings. The molecule has 156 valence electrons. The van der Waals surface area contributed by atoms with Gasteiger partial charge in [-0.25, -0.2) is 23.1 Å². The maximum atomic E-state index is 13.0. The first-order valence-electron chi connectivity index (χ1n) is 10.0. The maximum absolute atomic E-state index is 13.0. The molecule has 0 amide bonds. The van der Waals surface area contributed by atoms with E-state index in [0.717, 1.165) is 36.1 Å². The molecule has 0 saturated heterocycles. The number of fused-ring (bicyclic) bond motifs is 1. The summed E-state index contributed by atoms with van der Waals surface area (Å²) in [7, 11) is -2.15. The highest BCUT2D eigenvalue weighted by molar-refractivity contribution is 7.92. The van der Waals surface area contributed by atoms with Crippen molar-refractivity contribution >= 4 is 16.0 Å². The lowest BCUT2D eigenvalue weighted by Gasteiger charge is -2.27. The smallest absolute Gasteiger partial charge is 0.264 e. The van der Waals surface area contributed by atoms with Gasteiger partial charge < -0.3 is 4.74 Å². The Bertz CT molecular complexity index is 988. The lowest BCUT2D eigenvalue weighted by molar-refractivity contribution is 0.399. The predicted octanol–water partition coefficient (Wildman–Crippen LogP) is 4.38. The molecule has 0 radical (unpaired) electrons. The number of ether oxygens (including phenoxy) is 1. The molecule has 1 heterocycles. The number of aromatic nitrogens is 2. The Balaban J connectivity index is 1.95. The fourth-order valence-electron chi connectivity index (χ4n) is 3.81. The molecule has 6 nitrogen and oxygen atoms in total. The first-order chi connectivity index (χ1) is 13.9. The third-order valence-corrected chi connectivity index (χ3v) is 7.18. The number of benzene rings is 1. The fraction of sp³-hybridized carbons (Fsp3) is 0.455. The average Bonchev–Trinajstić information content (AvgIpc) is 2.72. The van der Waals surface area contributed by atoms with Crippen LogP contribution < -0.4 is 9.46 Å². The van der Waals surface area contributed by atoms with Gasteiger partial charge >= 0.3 is 0 Å². The summed E-state index contributed by atoms with van der Waals surface area (Å²) in [5.74, 6) is 1.75. The van der Waals surface area contributed by atoms with Crippen molar-refractivity contribution in [3.63, 3.8) is 0 Å². The van der Waals surface area contributed by atoms with Crippen LogP contribution in [0.5, 0.6) is 5.75 Å². The number of anilines is 1. The van der Waals surface area contributed by atoms with E-state index < -0.39 is 10.0 Å². The van der Waals surface area contributed by atoms with E-state index in [4.69, 9.17) is 4.74 Å². The highest BCUT2D eigenvalue weighted by atomic mass is 32.2. The molecular formula is C22H29N3O3S. The van der Waals surface area contributed by atoms with E-state index in [2.05, 4.69) is 41.5 Å². The Morgan fingerprint density at radius 1 is 1.31 bits per heavy atom. The minimum atomic E-state index is -3.78. The van der Waals surface area contributed by atoms with Gasteiger partial charge in [0.05, 0.1) is 12.0 Å². The van der Waals surface area contributed by atoms with Crippen LogP contribution in [0.15, 0.2) is 47.1 Å². The third kappa shape index (κ3) is 4.78. The van der Waals surface area contributed by atoms with Gasteiger partial charge in [-0.15, -0.1) is 0 Å². The Morgan fingerprint density at radius 2 is 2.03 bits per heavy atom. The minimum absolute atomic E-state index is 0.0675. The van der Waals surface area contributed by atoms with Crippen LogP contribution in [0.25, 0.3) is 0 Å². The molecule has 0 spiro atoms. The van der Waals surface area contributed by atoms with Gasteiger partial charge in [0.1, 0.15) is 5.75 Å². The number of hydrogen-bond acceptors (Lipinski definition) is 5. The summed E-state index contributed by atoms with van der Waals surface area (Å²) in [6.45, 7) is 6.62. The van der Waals surface area contributed by atoms with Crippen molar-refractivity contribution in [1.29, 1.82) is 0 Å². The molecule has 1 aromatic heterocycles. The number of nitrogens with one attached hydrogen (secondary N) is 1. The second-order valence-electron chi connectivity index (χ2n) is 7.62. The minimum Gasteiger partial charge on any atom is -0.496 e. The Morgan fingerprint density at radius 3 is 2.69 bits per heavy atom. The van der Waals surface area contributed by atoms with E-state index in [0.29, 0.717) is 18.3 Å². The molecular weight excluding hydrogens is 386 g/mol. The topological polar surface area (TPSA) is 81.2 Å². The SMILES string of the molecule is CCC(C)/C(C)=C\C1CCc2c(S(=O)(=O)Nc3ncccn3)ccc(OC)c2C1. The van der Waals surface area contributed by atoms with Crippen molar-refractivity contribution in [2.75, 3.05) is 11.8 Å². The van der Waals surface area contributed by atoms with Crippen LogP contribution in [0.1, 0.15) is 44.7 Å². The van der Waals surface area contributed by atoms with Gasteiger partial charge in [-0.1, -0.05) is 25.5 Å². The molecule has 2 unspecified atom stereocenters. The number of rotatable bonds is 7. The number of hydrogen-bond donors (Lipinski definition) is 1. The molecule has 0 bridgehead atoms. The molecule has 1 N–H and O–H groups in total. The summed E-state index contributed by atoms with van der Waals surface area (Å²) in [5.41, 5.74) is 3.21. The van der Waals surface area contributed by atoms with Crippen molar-refractivity contribution in [2.24, 2.45) is 11.8 Å². The zero-order valence-corrected chi connectivity index (χ0v) is 18.3. The average molecular weight is 416 g/mol. The molecule has 1 aromatic carbocycles. The Hall–Kier alpha value is -2.41. The summed E-state index contributed by atoms with van der Waals surface area (Å²) < 4.78 is 34.1. The molecule has 3 rings (SSSR count). The summed E-state index contributed by atoms with van der Waals surface area (Å²) in [6, 6.07) is 5.00. The molecule has 0 fully saturated rings. The monoisotopic (exact) mass is 415 g/mol. The van der Waals surface area contributed by atoms with Crippen LogP contribution in [0, 0.1) is 11.8 Å². The highest BCUT2D eigenvalue weighted by Crippen LogP contribution is 2.37. The maximum Gasteiger partial charge on any atom is 0.264 e. The van der Waals surface area contributed by atoms with E-state index in [9.17, 15) is 8.42 Å². The van der Waals surface area contributed by atoms with Crippen LogP contribution in [-0.4, -0.2) is 25.5 Å². The lowest BCUT2D eigenvalue weighted by atomic mass is 9.81. The number of nitrogens with zero attached hydrogens (tertiary/aromatic N) is 2. The van der Waals surface area contributed by atoms with Crippen molar-refractivity contribution < 1.29 is 13.2 Å². The van der Waals surface area contributed by atoms with Gasteiger partial charge in [0, 0.05) is 12.4 Å². The Kier molecular flexibility index (Phi) is 6.57. The molecule has 0 saturated carbocycles. The zero-order chi connectivity index (χ0) is 21.0. The molecule has 2 atom stereocenters. The third-order valence-electron chi connectivity index (χ3n) is 5.77. The normalized spacial score (nSPS) is 18.1. The first kappa shape index (κ1) is 21.3. The van der Waals surface area contributed by atoms with Crippen molar-refractivity contribution in [2.45, 2.75) is 51.3 Å². The van der Waals surface area contributed by atoms with E-state index in [1.807, 2.05) is 0 Å². The number of allylic oxidation sites excluding steroid dienone is 2. The number of methoxy groups -OCH3 is 1. The number of sulfonamides is 1. The lowest BCUT2D eigenvalue weighted by Crippen LogP contribution is -2.21. The van der Waals surface area contributed by atoms with Gasteiger partial charge in [-0.05, 0) is 73.8 Å². The summed E-state index contributed by atoms with van der Waals surface area (Å²) in [6.07, 6.45) is 8.86. The standard InChI is InChI=1S/C22H29N3O3S/c1-5-15(2)16(3)13-17-7-8-18-19(14-17)20(28-4)9-10-21(18)29(26,27)25-22-23-11-6-12-24-22/h6,9-13,15,17H,5,7-8,14H2,1-4H3,(H,23,24,25)/b16-13-. The van der Waals surface area contributed by atoms with Gasteiger partial charge in [-0.3, -0.25) is 0 Å². The first-order valence-corrected chi connectivity index (χ1v) is 11.5. The second-order valence-corrected chi connectivity index (χ2v) is 9.27. The van der Waals surface area contributed by atoms with Crippen LogP contribution >= 0.6 is 0 Å². The van der Waals surface area contributed by atoms with E-state index in [-0.39, 0.29) is 10.8 Å². The molecule has 1 aliphatic carbocycles. The molecule has 7 heteroatoms. The second kappa shape index (κ2) is 8.95. The van der Waals surface area contributed by atoms with Crippen molar-refractivity contribution in [3.8, 4) is 5.75 Å². The fourth-order valence-corrected chi connectivity index (χ4v) is 5.06. The van der Waals surface area contributed by atoms with E-state index in [1.165, 1.54) is 18.0 Å². The highest BCUT2D eigenvalue weighted by Gasteiger charge is 2.28. The van der Waals surface area contributed by atoms with Crippen LogP contribution in [0.3, 0.4) is 0 Å². The quantitative estimate of drug-likeness (QED) is 0.679. The predicted molar refractivity (Wildman–Crippen MR) is 115 cm³/mol. The van der Waals surface area contributed by atoms with E-state index >= 15 is 0 Å². The zero-order valence-electron chi connectivity index (χ0n) is 17.5. The summed E-state index contributed by atoms with van der Waals surface area (Å²) in [5, 5.41) is 0. The van der Waals surface area contributed by atoms with Crippen molar-refractivity contribution in [3.05, 3.63) is 53.4 Å². The molecule has 0 aliphatic heterocycles. The van der Waals surface area contributed by atoms with E-state index in [1.54, 1.807) is 25.3 Å². The summed E-state index contributed by atoms with van der Waals surface area (Å²) >= 11 is 0. The van der Waals surface area contributed by atoms with Gasteiger partial charge in [0.2, 0.25) is 5.95 Å². The van der Waals surface area contributed by atoms with Gasteiger partial charge in [0.15, 0.2) is 0 Å². The van der Waals surface area contributed by atoms with Crippen molar-refractivity contribution in [1.82, 2.24) is 9.97 Å². The van der Waals surface area contributed by atoms with Crippen LogP contribution in [-0.2, 0) is 22.9 Å². The molecule has 29 heavy (non-hydrogen) atoms. The van der Waals surface area contributed by atoms with Gasteiger partial charge in [-0.2, -0.15) is 0 Å².